The van der Waals surface area contributed by atoms with E-state index in [1.54, 1.807) is 28.8 Å². The van der Waals surface area contributed by atoms with Crippen LogP contribution in [0.15, 0.2) is 65.8 Å². The molecule has 1 aromatic heterocycles. The fourth-order valence-electron chi connectivity index (χ4n) is 3.53. The summed E-state index contributed by atoms with van der Waals surface area (Å²) in [5, 5.41) is 32.8. The van der Waals surface area contributed by atoms with E-state index in [0.717, 1.165) is 40.7 Å². The number of nitrogens with one attached hydrogen (secondary N) is 1. The number of hydrogen-bond acceptors (Lipinski definition) is 7. The number of aromatic nitrogens is 3. The number of halogens is 1. The molecular weight excluding hydrogens is 473 g/mol. The van der Waals surface area contributed by atoms with E-state index in [9.17, 15) is 24.4 Å². The van der Waals surface area contributed by atoms with Gasteiger partial charge in [-0.25, -0.2) is 0 Å². The Labute approximate surface area is 203 Å². The number of thioether (sulfide) groups is 1. The number of rotatable bonds is 7. The predicted octanol–water partition coefficient (Wildman–Crippen LogP) is 5.03. The van der Waals surface area contributed by atoms with Crippen molar-refractivity contribution in [3.63, 3.8) is 0 Å². The van der Waals surface area contributed by atoms with Crippen LogP contribution in [-0.4, -0.2) is 36.5 Å². The number of benzene rings is 3. The Morgan fingerprint density at radius 3 is 2.63 bits per heavy atom. The minimum Gasteiger partial charge on any atom is -0.507 e. The number of carbonyl (C=O) groups is 1. The van der Waals surface area contributed by atoms with Crippen molar-refractivity contribution in [1.29, 1.82) is 0 Å². The van der Waals surface area contributed by atoms with Crippen molar-refractivity contribution in [3.8, 4) is 22.8 Å². The van der Waals surface area contributed by atoms with E-state index in [1.807, 2.05) is 32.0 Å². The van der Waals surface area contributed by atoms with Gasteiger partial charge in [-0.05, 0) is 49.7 Å². The SMILES string of the molecule is Cc1ccc(-n2c(SCC(=O)Nc3ccc(F)c([N+](=O)[O-])c3)nnc2-c2ccccc2O)c(C)c1. The van der Waals surface area contributed by atoms with E-state index in [0.29, 0.717) is 16.5 Å². The number of aryl methyl sites for hydroxylation is 2. The number of hydrogen-bond donors (Lipinski definition) is 2. The van der Waals surface area contributed by atoms with Crippen molar-refractivity contribution in [3.05, 3.63) is 87.7 Å². The molecule has 178 valence electrons. The Kier molecular flexibility index (Phi) is 6.78. The average Bonchev–Trinajstić information content (AvgIpc) is 3.22. The molecule has 11 heteroatoms. The van der Waals surface area contributed by atoms with Crippen LogP contribution in [0.25, 0.3) is 17.1 Å². The standard InChI is InChI=1S/C24H20FN5O4S/c1-14-7-10-19(15(2)11-14)29-23(17-5-3-4-6-21(17)31)27-28-24(29)35-13-22(32)26-16-8-9-18(25)20(12-16)30(33)34/h3-12,31H,13H2,1-2H3,(H,26,32). The molecule has 1 amide bonds. The molecule has 0 atom stereocenters. The minimum absolute atomic E-state index is 0.0399. The van der Waals surface area contributed by atoms with Crippen molar-refractivity contribution in [2.75, 3.05) is 11.1 Å². The van der Waals surface area contributed by atoms with Crippen LogP contribution in [-0.2, 0) is 4.79 Å². The maximum absolute atomic E-state index is 13.6. The van der Waals surface area contributed by atoms with Crippen molar-refractivity contribution in [2.45, 2.75) is 19.0 Å². The fraction of sp³-hybridized carbons (Fsp3) is 0.125. The lowest BCUT2D eigenvalue weighted by Gasteiger charge is -2.14. The van der Waals surface area contributed by atoms with Crippen LogP contribution in [0, 0.1) is 29.8 Å². The average molecular weight is 494 g/mol. The Morgan fingerprint density at radius 2 is 1.91 bits per heavy atom. The van der Waals surface area contributed by atoms with Gasteiger partial charge in [-0.15, -0.1) is 10.2 Å². The lowest BCUT2D eigenvalue weighted by Crippen LogP contribution is -2.15. The second-order valence-corrected chi connectivity index (χ2v) is 8.65. The zero-order chi connectivity index (χ0) is 25.1. The molecule has 0 radical (unpaired) electrons. The number of amides is 1. The normalized spacial score (nSPS) is 10.8. The second-order valence-electron chi connectivity index (χ2n) is 7.71. The summed E-state index contributed by atoms with van der Waals surface area (Å²) in [6.45, 7) is 3.92. The number of phenols is 1. The maximum Gasteiger partial charge on any atom is 0.306 e. The largest absolute Gasteiger partial charge is 0.507 e. The molecule has 0 saturated carbocycles. The van der Waals surface area contributed by atoms with Crippen molar-refractivity contribution < 1.29 is 19.2 Å². The van der Waals surface area contributed by atoms with Gasteiger partial charge in [-0.3, -0.25) is 19.5 Å². The van der Waals surface area contributed by atoms with Gasteiger partial charge in [0.25, 0.3) is 0 Å². The molecule has 4 rings (SSSR count). The van der Waals surface area contributed by atoms with E-state index in [1.165, 1.54) is 6.07 Å². The molecule has 9 nitrogen and oxygen atoms in total. The van der Waals surface area contributed by atoms with Gasteiger partial charge < -0.3 is 10.4 Å². The number of phenolic OH excluding ortho intramolecular Hbond substituents is 1. The maximum atomic E-state index is 13.6. The van der Waals surface area contributed by atoms with E-state index >= 15 is 0 Å². The monoisotopic (exact) mass is 493 g/mol. The molecule has 0 bridgehead atoms. The molecule has 0 aliphatic heterocycles. The summed E-state index contributed by atoms with van der Waals surface area (Å²) in [6, 6.07) is 15.8. The molecule has 35 heavy (non-hydrogen) atoms. The molecular formula is C24H20FN5O4S. The van der Waals surface area contributed by atoms with Crippen LogP contribution >= 0.6 is 11.8 Å². The summed E-state index contributed by atoms with van der Waals surface area (Å²) in [5.41, 5.74) is 2.68. The molecule has 0 fully saturated rings. The Morgan fingerprint density at radius 1 is 1.14 bits per heavy atom. The third-order valence-electron chi connectivity index (χ3n) is 5.13. The molecule has 0 spiro atoms. The van der Waals surface area contributed by atoms with Crippen LogP contribution in [0.4, 0.5) is 15.8 Å². The van der Waals surface area contributed by atoms with Crippen molar-refractivity contribution >= 4 is 29.0 Å². The molecule has 4 aromatic rings. The zero-order valence-corrected chi connectivity index (χ0v) is 19.5. The third kappa shape index (κ3) is 5.14. The smallest absolute Gasteiger partial charge is 0.306 e. The second kappa shape index (κ2) is 9.94. The highest BCUT2D eigenvalue weighted by Gasteiger charge is 2.21. The topological polar surface area (TPSA) is 123 Å². The lowest BCUT2D eigenvalue weighted by molar-refractivity contribution is -0.387. The zero-order valence-electron chi connectivity index (χ0n) is 18.7. The third-order valence-corrected chi connectivity index (χ3v) is 6.06. The Balaban J connectivity index is 1.63. The van der Waals surface area contributed by atoms with Crippen LogP contribution in [0.2, 0.25) is 0 Å². The van der Waals surface area contributed by atoms with Gasteiger partial charge >= 0.3 is 5.69 Å². The van der Waals surface area contributed by atoms with Crippen LogP contribution in [0.3, 0.4) is 0 Å². The quantitative estimate of drug-likeness (QED) is 0.210. The number of carbonyl (C=O) groups excluding carboxylic acids is 1. The van der Waals surface area contributed by atoms with E-state index < -0.39 is 22.3 Å². The first-order valence-electron chi connectivity index (χ1n) is 10.4. The first kappa shape index (κ1) is 23.9. The summed E-state index contributed by atoms with van der Waals surface area (Å²) in [7, 11) is 0. The highest BCUT2D eigenvalue weighted by Crippen LogP contribution is 2.34. The summed E-state index contributed by atoms with van der Waals surface area (Å²) < 4.78 is 15.3. The van der Waals surface area contributed by atoms with Crippen LogP contribution in [0.1, 0.15) is 11.1 Å². The van der Waals surface area contributed by atoms with Gasteiger partial charge in [0.15, 0.2) is 11.0 Å². The van der Waals surface area contributed by atoms with Gasteiger partial charge in [0.2, 0.25) is 11.7 Å². The van der Waals surface area contributed by atoms with Gasteiger partial charge in [-0.2, -0.15) is 4.39 Å². The number of aromatic hydroxyl groups is 1. The van der Waals surface area contributed by atoms with Crippen LogP contribution in [0.5, 0.6) is 5.75 Å². The molecule has 0 unspecified atom stereocenters. The van der Waals surface area contributed by atoms with Gasteiger partial charge in [0, 0.05) is 11.8 Å². The van der Waals surface area contributed by atoms with Gasteiger partial charge in [0.05, 0.1) is 21.9 Å². The highest BCUT2D eigenvalue weighted by atomic mass is 32.2. The Hall–Kier alpha value is -4.25. The van der Waals surface area contributed by atoms with Crippen molar-refractivity contribution in [1.82, 2.24) is 14.8 Å². The molecule has 0 aliphatic carbocycles. The van der Waals surface area contributed by atoms with E-state index in [2.05, 4.69) is 15.5 Å². The summed E-state index contributed by atoms with van der Waals surface area (Å²) in [4.78, 5) is 22.6. The summed E-state index contributed by atoms with van der Waals surface area (Å²) >= 11 is 1.10. The number of nitro groups is 1. The molecule has 2 N–H and O–H groups in total. The summed E-state index contributed by atoms with van der Waals surface area (Å²) in [5.74, 6) is -1.09. The number of anilines is 1. The lowest BCUT2D eigenvalue weighted by atomic mass is 10.1. The Bertz CT molecular complexity index is 1440. The van der Waals surface area contributed by atoms with Gasteiger partial charge in [0.1, 0.15) is 5.75 Å². The molecule has 1 heterocycles. The predicted molar refractivity (Wildman–Crippen MR) is 130 cm³/mol. The highest BCUT2D eigenvalue weighted by molar-refractivity contribution is 7.99. The van der Waals surface area contributed by atoms with Crippen LogP contribution < -0.4 is 5.32 Å². The summed E-state index contributed by atoms with van der Waals surface area (Å²) in [6.07, 6.45) is 0. The molecule has 3 aromatic carbocycles. The number of nitro benzene ring substituents is 1. The molecule has 0 saturated heterocycles. The first-order chi connectivity index (χ1) is 16.7. The van der Waals surface area contributed by atoms with E-state index in [4.69, 9.17) is 0 Å². The number of para-hydroxylation sites is 1. The number of nitrogens with zero attached hydrogens (tertiary/aromatic N) is 4. The first-order valence-corrected chi connectivity index (χ1v) is 11.4. The molecule has 0 aliphatic rings. The van der Waals surface area contributed by atoms with Crippen molar-refractivity contribution in [2.24, 2.45) is 0 Å². The van der Waals surface area contributed by atoms with Gasteiger partial charge in [-0.1, -0.05) is 41.6 Å². The fourth-order valence-corrected chi connectivity index (χ4v) is 4.28. The van der Waals surface area contributed by atoms with E-state index in [-0.39, 0.29) is 17.2 Å². The minimum atomic E-state index is -0.986.